The third-order valence-electron chi connectivity index (χ3n) is 3.14. The molecule has 1 aromatic rings. The second-order valence-electron chi connectivity index (χ2n) is 4.64. The number of morpholine rings is 1. The fourth-order valence-electron chi connectivity index (χ4n) is 2.02. The van der Waals surface area contributed by atoms with E-state index in [2.05, 4.69) is 0 Å². The molecule has 1 aromatic carbocycles. The smallest absolute Gasteiger partial charge is 0.260 e. The number of carbonyl (C=O) groups is 1. The zero-order valence-electron chi connectivity index (χ0n) is 11.3. The van der Waals surface area contributed by atoms with Crippen LogP contribution in [0.4, 0.5) is 4.39 Å². The highest BCUT2D eigenvalue weighted by molar-refractivity contribution is 5.77. The highest BCUT2D eigenvalue weighted by Gasteiger charge is 2.18. The van der Waals surface area contributed by atoms with Gasteiger partial charge in [-0.2, -0.15) is 0 Å². The van der Waals surface area contributed by atoms with Crippen molar-refractivity contribution in [3.63, 3.8) is 0 Å². The molecular weight excluding hydrogens is 265 g/mol. The average molecular weight is 283 g/mol. The molecule has 0 bridgehead atoms. The Labute approximate surface area is 116 Å². The average Bonchev–Trinajstić information content (AvgIpc) is 2.46. The summed E-state index contributed by atoms with van der Waals surface area (Å²) >= 11 is 0. The molecule has 0 radical (unpaired) electrons. The van der Waals surface area contributed by atoms with Crippen LogP contribution in [0.5, 0.6) is 5.75 Å². The second kappa shape index (κ2) is 6.67. The van der Waals surface area contributed by atoms with Crippen LogP contribution in [0.1, 0.15) is 18.6 Å². The largest absolute Gasteiger partial charge is 0.483 e. The number of carbonyl (C=O) groups excluding carboxylic acids is 1. The summed E-state index contributed by atoms with van der Waals surface area (Å²) in [7, 11) is 0. The van der Waals surface area contributed by atoms with Crippen LogP contribution in [0.2, 0.25) is 0 Å². The molecule has 1 aliphatic rings. The van der Waals surface area contributed by atoms with E-state index >= 15 is 0 Å². The second-order valence-corrected chi connectivity index (χ2v) is 4.64. The van der Waals surface area contributed by atoms with E-state index in [1.54, 1.807) is 4.90 Å². The topological polar surface area (TPSA) is 59.0 Å². The molecule has 6 heteroatoms. The van der Waals surface area contributed by atoms with E-state index in [-0.39, 0.29) is 12.5 Å². The van der Waals surface area contributed by atoms with Crippen molar-refractivity contribution < 1.29 is 23.8 Å². The number of nitrogens with zero attached hydrogens (tertiary/aromatic N) is 1. The maximum Gasteiger partial charge on any atom is 0.260 e. The summed E-state index contributed by atoms with van der Waals surface area (Å²) in [5.74, 6) is -0.273. The SMILES string of the molecule is CC(O)c1cc(F)ccc1OCC(=O)N1CCOCC1. The maximum atomic E-state index is 13.1. The first-order chi connectivity index (χ1) is 9.58. The Morgan fingerprint density at radius 2 is 2.20 bits per heavy atom. The van der Waals surface area contributed by atoms with Crippen LogP contribution in [0.25, 0.3) is 0 Å². The van der Waals surface area contributed by atoms with Crippen molar-refractivity contribution in [1.29, 1.82) is 0 Å². The molecule has 1 atom stereocenters. The first-order valence-corrected chi connectivity index (χ1v) is 6.54. The fraction of sp³-hybridized carbons (Fsp3) is 0.500. The zero-order chi connectivity index (χ0) is 14.5. The minimum atomic E-state index is -0.862. The van der Waals surface area contributed by atoms with Crippen LogP contribution < -0.4 is 4.74 Å². The lowest BCUT2D eigenvalue weighted by molar-refractivity contribution is -0.137. The first-order valence-electron chi connectivity index (χ1n) is 6.54. The van der Waals surface area contributed by atoms with Gasteiger partial charge in [-0.3, -0.25) is 4.79 Å². The molecule has 0 aromatic heterocycles. The molecule has 1 heterocycles. The monoisotopic (exact) mass is 283 g/mol. The summed E-state index contributed by atoms with van der Waals surface area (Å²) in [6.07, 6.45) is -0.862. The van der Waals surface area contributed by atoms with Crippen LogP contribution >= 0.6 is 0 Å². The van der Waals surface area contributed by atoms with Crippen LogP contribution in [0, 0.1) is 5.82 Å². The van der Waals surface area contributed by atoms with Gasteiger partial charge in [0, 0.05) is 18.7 Å². The minimum absolute atomic E-state index is 0.134. The standard InChI is InChI=1S/C14H18FNO4/c1-10(17)12-8-11(15)2-3-13(12)20-9-14(18)16-4-6-19-7-5-16/h2-3,8,10,17H,4-7,9H2,1H3. The van der Waals surface area contributed by atoms with Gasteiger partial charge in [0.05, 0.1) is 19.3 Å². The van der Waals surface area contributed by atoms with E-state index in [0.717, 1.165) is 0 Å². The molecule has 0 aliphatic carbocycles. The molecule has 110 valence electrons. The summed E-state index contributed by atoms with van der Waals surface area (Å²) in [6, 6.07) is 3.86. The predicted octanol–water partition coefficient (Wildman–Crippen LogP) is 1.12. The quantitative estimate of drug-likeness (QED) is 0.899. The molecule has 1 N–H and O–H groups in total. The molecule has 1 amide bonds. The van der Waals surface area contributed by atoms with Crippen LogP contribution in [0.3, 0.4) is 0 Å². The maximum absolute atomic E-state index is 13.1. The lowest BCUT2D eigenvalue weighted by Gasteiger charge is -2.27. The molecule has 1 fully saturated rings. The van der Waals surface area contributed by atoms with Gasteiger partial charge in [-0.25, -0.2) is 4.39 Å². The third-order valence-corrected chi connectivity index (χ3v) is 3.14. The Hall–Kier alpha value is -1.66. The summed E-state index contributed by atoms with van der Waals surface area (Å²) in [5, 5.41) is 9.58. The van der Waals surface area contributed by atoms with Gasteiger partial charge in [-0.15, -0.1) is 0 Å². The number of aliphatic hydroxyl groups is 1. The van der Waals surface area contributed by atoms with Gasteiger partial charge < -0.3 is 19.5 Å². The van der Waals surface area contributed by atoms with Crippen molar-refractivity contribution in [2.24, 2.45) is 0 Å². The first kappa shape index (κ1) is 14.7. The Balaban J connectivity index is 1.98. The van der Waals surface area contributed by atoms with Gasteiger partial charge in [0.25, 0.3) is 5.91 Å². The zero-order valence-corrected chi connectivity index (χ0v) is 11.3. The molecule has 0 saturated carbocycles. The number of halogens is 1. The van der Waals surface area contributed by atoms with Gasteiger partial charge in [0.1, 0.15) is 11.6 Å². The summed E-state index contributed by atoms with van der Waals surface area (Å²) < 4.78 is 23.7. The Bertz CT molecular complexity index is 472. The van der Waals surface area contributed by atoms with E-state index in [9.17, 15) is 14.3 Å². The van der Waals surface area contributed by atoms with Crippen LogP contribution in [0.15, 0.2) is 18.2 Å². The third kappa shape index (κ3) is 3.68. The fourth-order valence-corrected chi connectivity index (χ4v) is 2.02. The van der Waals surface area contributed by atoms with Crippen molar-refractivity contribution in [2.45, 2.75) is 13.0 Å². The highest BCUT2D eigenvalue weighted by atomic mass is 19.1. The van der Waals surface area contributed by atoms with E-state index in [0.29, 0.717) is 37.6 Å². The lowest BCUT2D eigenvalue weighted by Crippen LogP contribution is -2.43. The van der Waals surface area contributed by atoms with Crippen molar-refractivity contribution in [1.82, 2.24) is 4.90 Å². The molecule has 0 spiro atoms. The van der Waals surface area contributed by atoms with E-state index in [1.165, 1.54) is 25.1 Å². The van der Waals surface area contributed by atoms with Gasteiger partial charge in [-0.05, 0) is 25.1 Å². The van der Waals surface area contributed by atoms with E-state index < -0.39 is 11.9 Å². The van der Waals surface area contributed by atoms with Gasteiger partial charge in [-0.1, -0.05) is 0 Å². The number of aliphatic hydroxyl groups excluding tert-OH is 1. The number of ether oxygens (including phenoxy) is 2. The predicted molar refractivity (Wildman–Crippen MR) is 69.9 cm³/mol. The number of benzene rings is 1. The number of rotatable bonds is 4. The Morgan fingerprint density at radius 3 is 2.85 bits per heavy atom. The van der Waals surface area contributed by atoms with E-state index in [4.69, 9.17) is 9.47 Å². The molecule has 1 saturated heterocycles. The summed E-state index contributed by atoms with van der Waals surface area (Å²) in [4.78, 5) is 13.6. The van der Waals surface area contributed by atoms with Crippen molar-refractivity contribution >= 4 is 5.91 Å². The Kier molecular flexibility index (Phi) is 4.92. The molecule has 2 rings (SSSR count). The normalized spacial score (nSPS) is 16.9. The molecule has 20 heavy (non-hydrogen) atoms. The van der Waals surface area contributed by atoms with Gasteiger partial charge in [0.2, 0.25) is 0 Å². The van der Waals surface area contributed by atoms with Crippen molar-refractivity contribution in [3.8, 4) is 5.75 Å². The Morgan fingerprint density at radius 1 is 1.50 bits per heavy atom. The number of hydrogen-bond donors (Lipinski definition) is 1. The molecule has 1 unspecified atom stereocenters. The molecule has 5 nitrogen and oxygen atoms in total. The van der Waals surface area contributed by atoms with Crippen molar-refractivity contribution in [3.05, 3.63) is 29.6 Å². The summed E-state index contributed by atoms with van der Waals surface area (Å²) in [6.45, 7) is 3.54. The van der Waals surface area contributed by atoms with Crippen LogP contribution in [-0.2, 0) is 9.53 Å². The molecule has 1 aliphatic heterocycles. The van der Waals surface area contributed by atoms with Crippen LogP contribution in [-0.4, -0.2) is 48.8 Å². The minimum Gasteiger partial charge on any atom is -0.483 e. The van der Waals surface area contributed by atoms with Crippen molar-refractivity contribution in [2.75, 3.05) is 32.9 Å². The van der Waals surface area contributed by atoms with Gasteiger partial charge in [0.15, 0.2) is 6.61 Å². The van der Waals surface area contributed by atoms with Gasteiger partial charge >= 0.3 is 0 Å². The lowest BCUT2D eigenvalue weighted by atomic mass is 10.1. The highest BCUT2D eigenvalue weighted by Crippen LogP contribution is 2.26. The number of hydrogen-bond acceptors (Lipinski definition) is 4. The molecular formula is C14H18FNO4. The van der Waals surface area contributed by atoms with E-state index in [1.807, 2.05) is 0 Å². The summed E-state index contributed by atoms with van der Waals surface area (Å²) in [5.41, 5.74) is 0.333. The number of amides is 1.